The highest BCUT2D eigenvalue weighted by atomic mass is 35.5. The zero-order chi connectivity index (χ0) is 13.3. The molecule has 0 saturated carbocycles. The first-order valence-corrected chi connectivity index (χ1v) is 7.72. The van der Waals surface area contributed by atoms with Gasteiger partial charge < -0.3 is 5.73 Å². The van der Waals surface area contributed by atoms with Crippen molar-refractivity contribution in [3.05, 3.63) is 29.3 Å². The Kier molecular flexibility index (Phi) is 3.96. The van der Waals surface area contributed by atoms with Crippen LogP contribution in [0.5, 0.6) is 0 Å². The molecule has 2 rings (SSSR count). The maximum absolute atomic E-state index is 12.4. The molecule has 0 amide bonds. The minimum atomic E-state index is -3.45. The van der Waals surface area contributed by atoms with E-state index in [2.05, 4.69) is 0 Å². The third-order valence-corrected chi connectivity index (χ3v) is 5.21. The van der Waals surface area contributed by atoms with E-state index in [0.717, 1.165) is 6.42 Å². The molecule has 1 saturated heterocycles. The first kappa shape index (κ1) is 13.8. The van der Waals surface area contributed by atoms with Gasteiger partial charge in [0.15, 0.2) is 0 Å². The van der Waals surface area contributed by atoms with Gasteiger partial charge in [-0.1, -0.05) is 18.5 Å². The lowest BCUT2D eigenvalue weighted by Crippen LogP contribution is -2.48. The summed E-state index contributed by atoms with van der Waals surface area (Å²) in [7, 11) is -3.45. The number of nitrogens with two attached hydrogens (primary N) is 1. The van der Waals surface area contributed by atoms with Crippen LogP contribution in [0.2, 0.25) is 5.02 Å². The van der Waals surface area contributed by atoms with Crippen LogP contribution in [-0.2, 0) is 10.0 Å². The summed E-state index contributed by atoms with van der Waals surface area (Å²) < 4.78 is 26.3. The first-order chi connectivity index (χ1) is 8.39. The van der Waals surface area contributed by atoms with Crippen molar-refractivity contribution in [1.29, 1.82) is 0 Å². The molecule has 18 heavy (non-hydrogen) atoms. The SMILES string of the molecule is CC1CC(N)CN(S(=O)(=O)c2ccc(Cl)cc2)C1. The molecular weight excluding hydrogens is 272 g/mol. The Morgan fingerprint density at radius 2 is 1.89 bits per heavy atom. The molecule has 4 nitrogen and oxygen atoms in total. The Hall–Kier alpha value is -0.620. The molecule has 100 valence electrons. The standard InChI is InChI=1S/C12H17ClN2O2S/c1-9-6-11(14)8-15(7-9)18(16,17)12-4-2-10(13)3-5-12/h2-5,9,11H,6-8,14H2,1H3. The fourth-order valence-corrected chi connectivity index (χ4v) is 4.04. The van der Waals surface area contributed by atoms with Crippen LogP contribution in [0, 0.1) is 5.92 Å². The van der Waals surface area contributed by atoms with E-state index in [0.29, 0.717) is 18.1 Å². The summed E-state index contributed by atoms with van der Waals surface area (Å²) >= 11 is 5.77. The van der Waals surface area contributed by atoms with Gasteiger partial charge >= 0.3 is 0 Å². The molecular formula is C12H17ClN2O2S. The maximum Gasteiger partial charge on any atom is 0.243 e. The second-order valence-corrected chi connectivity index (χ2v) is 7.25. The number of rotatable bonds is 2. The predicted octanol–water partition coefficient (Wildman–Crippen LogP) is 1.70. The van der Waals surface area contributed by atoms with E-state index >= 15 is 0 Å². The van der Waals surface area contributed by atoms with Gasteiger partial charge in [-0.15, -0.1) is 0 Å². The van der Waals surface area contributed by atoms with Crippen LogP contribution in [0.25, 0.3) is 0 Å². The summed E-state index contributed by atoms with van der Waals surface area (Å²) in [5.74, 6) is 0.288. The predicted molar refractivity (Wildman–Crippen MR) is 72.0 cm³/mol. The molecule has 0 aliphatic carbocycles. The van der Waals surface area contributed by atoms with Crippen molar-refractivity contribution in [2.24, 2.45) is 11.7 Å². The lowest BCUT2D eigenvalue weighted by Gasteiger charge is -2.33. The summed E-state index contributed by atoms with van der Waals surface area (Å²) in [5, 5.41) is 0.526. The number of nitrogens with zero attached hydrogens (tertiary/aromatic N) is 1. The fourth-order valence-electron chi connectivity index (χ4n) is 2.30. The van der Waals surface area contributed by atoms with Crippen LogP contribution in [0.15, 0.2) is 29.2 Å². The molecule has 0 radical (unpaired) electrons. The van der Waals surface area contributed by atoms with Gasteiger partial charge in [-0.05, 0) is 36.6 Å². The minimum Gasteiger partial charge on any atom is -0.326 e. The number of sulfonamides is 1. The van der Waals surface area contributed by atoms with Gasteiger partial charge in [-0.25, -0.2) is 8.42 Å². The molecule has 1 aromatic carbocycles. The monoisotopic (exact) mass is 288 g/mol. The van der Waals surface area contributed by atoms with Crippen molar-refractivity contribution in [1.82, 2.24) is 4.31 Å². The van der Waals surface area contributed by atoms with Crippen LogP contribution < -0.4 is 5.73 Å². The van der Waals surface area contributed by atoms with Crippen molar-refractivity contribution in [2.45, 2.75) is 24.3 Å². The Balaban J connectivity index is 2.28. The highest BCUT2D eigenvalue weighted by molar-refractivity contribution is 7.89. The van der Waals surface area contributed by atoms with Gasteiger partial charge in [0.2, 0.25) is 10.0 Å². The van der Waals surface area contributed by atoms with Gasteiger partial charge in [0.1, 0.15) is 0 Å². The van der Waals surface area contributed by atoms with Gasteiger partial charge in [0.25, 0.3) is 0 Å². The third kappa shape index (κ3) is 2.85. The summed E-state index contributed by atoms with van der Waals surface area (Å²) in [6, 6.07) is 6.14. The lowest BCUT2D eigenvalue weighted by atomic mass is 9.99. The molecule has 2 N–H and O–H groups in total. The van der Waals surface area contributed by atoms with E-state index in [4.69, 9.17) is 17.3 Å². The lowest BCUT2D eigenvalue weighted by molar-refractivity contribution is 0.254. The molecule has 6 heteroatoms. The molecule has 1 heterocycles. The van der Waals surface area contributed by atoms with Crippen LogP contribution >= 0.6 is 11.6 Å². The molecule has 0 bridgehead atoms. The highest BCUT2D eigenvalue weighted by Gasteiger charge is 2.31. The van der Waals surface area contributed by atoms with Gasteiger partial charge in [0.05, 0.1) is 4.90 Å². The third-order valence-electron chi connectivity index (χ3n) is 3.11. The topological polar surface area (TPSA) is 63.4 Å². The second kappa shape index (κ2) is 5.17. The largest absolute Gasteiger partial charge is 0.326 e. The van der Waals surface area contributed by atoms with E-state index in [1.165, 1.54) is 16.4 Å². The number of benzene rings is 1. The number of hydrogen-bond acceptors (Lipinski definition) is 3. The van der Waals surface area contributed by atoms with Gasteiger partial charge in [0, 0.05) is 24.2 Å². The average Bonchev–Trinajstić information content (AvgIpc) is 2.28. The van der Waals surface area contributed by atoms with Crippen LogP contribution in [0.3, 0.4) is 0 Å². The first-order valence-electron chi connectivity index (χ1n) is 5.91. The number of hydrogen-bond donors (Lipinski definition) is 1. The normalized spacial score (nSPS) is 26.2. The van der Waals surface area contributed by atoms with E-state index in [1.807, 2.05) is 6.92 Å². The smallest absolute Gasteiger partial charge is 0.243 e. The van der Waals surface area contributed by atoms with Crippen LogP contribution in [0.4, 0.5) is 0 Å². The summed E-state index contributed by atoms with van der Waals surface area (Å²) in [6.45, 7) is 2.93. The summed E-state index contributed by atoms with van der Waals surface area (Å²) in [6.07, 6.45) is 0.868. The highest BCUT2D eigenvalue weighted by Crippen LogP contribution is 2.23. The van der Waals surface area contributed by atoms with Crippen molar-refractivity contribution in [3.63, 3.8) is 0 Å². The molecule has 2 unspecified atom stereocenters. The Morgan fingerprint density at radius 1 is 1.28 bits per heavy atom. The minimum absolute atomic E-state index is 0.0872. The Morgan fingerprint density at radius 3 is 2.44 bits per heavy atom. The molecule has 2 atom stereocenters. The van der Waals surface area contributed by atoms with E-state index in [1.54, 1.807) is 12.1 Å². The van der Waals surface area contributed by atoms with Gasteiger partial charge in [-0.3, -0.25) is 0 Å². The summed E-state index contributed by atoms with van der Waals surface area (Å²) in [4.78, 5) is 0.271. The van der Waals surface area contributed by atoms with Crippen molar-refractivity contribution >= 4 is 21.6 Å². The Bertz CT molecular complexity index is 505. The van der Waals surface area contributed by atoms with Crippen LogP contribution in [-0.4, -0.2) is 31.9 Å². The van der Waals surface area contributed by atoms with E-state index in [-0.39, 0.29) is 16.9 Å². The molecule has 1 fully saturated rings. The Labute approximate surface area is 113 Å². The molecule has 1 aliphatic heterocycles. The van der Waals surface area contributed by atoms with E-state index < -0.39 is 10.0 Å². The number of piperidine rings is 1. The average molecular weight is 289 g/mol. The van der Waals surface area contributed by atoms with E-state index in [9.17, 15) is 8.42 Å². The fraction of sp³-hybridized carbons (Fsp3) is 0.500. The van der Waals surface area contributed by atoms with Crippen molar-refractivity contribution in [2.75, 3.05) is 13.1 Å². The zero-order valence-electron chi connectivity index (χ0n) is 10.2. The zero-order valence-corrected chi connectivity index (χ0v) is 11.8. The summed E-state index contributed by atoms with van der Waals surface area (Å²) in [5.41, 5.74) is 5.89. The second-order valence-electron chi connectivity index (χ2n) is 4.88. The van der Waals surface area contributed by atoms with Crippen molar-refractivity contribution < 1.29 is 8.42 Å². The maximum atomic E-state index is 12.4. The quantitative estimate of drug-likeness (QED) is 0.901. The van der Waals surface area contributed by atoms with Crippen LogP contribution in [0.1, 0.15) is 13.3 Å². The molecule has 1 aromatic rings. The van der Waals surface area contributed by atoms with Crippen molar-refractivity contribution in [3.8, 4) is 0 Å². The molecule has 0 aromatic heterocycles. The number of halogens is 1. The molecule has 1 aliphatic rings. The molecule has 0 spiro atoms. The van der Waals surface area contributed by atoms with Gasteiger partial charge in [-0.2, -0.15) is 4.31 Å².